The van der Waals surface area contributed by atoms with E-state index in [9.17, 15) is 9.59 Å². The van der Waals surface area contributed by atoms with Crippen molar-refractivity contribution < 1.29 is 4.79 Å². The number of amides is 1. The van der Waals surface area contributed by atoms with Gasteiger partial charge in [-0.3, -0.25) is 14.2 Å². The van der Waals surface area contributed by atoms with Gasteiger partial charge in [-0.2, -0.15) is 0 Å². The third kappa shape index (κ3) is 2.22. The van der Waals surface area contributed by atoms with Crippen molar-refractivity contribution in [3.63, 3.8) is 0 Å². The van der Waals surface area contributed by atoms with Crippen molar-refractivity contribution in [2.75, 3.05) is 0 Å². The van der Waals surface area contributed by atoms with Crippen LogP contribution in [0.2, 0.25) is 0 Å². The molecule has 4 heterocycles. The summed E-state index contributed by atoms with van der Waals surface area (Å²) in [5, 5.41) is 2.43. The molecule has 0 unspecified atom stereocenters. The molecule has 2 atom stereocenters. The molecular weight excluding hydrogens is 336 g/mol. The summed E-state index contributed by atoms with van der Waals surface area (Å²) in [4.78, 5) is 36.7. The highest BCUT2D eigenvalue weighted by molar-refractivity contribution is 7.07. The maximum Gasteiger partial charge on any atom is 0.273 e. The molecule has 6 nitrogen and oxygen atoms in total. The summed E-state index contributed by atoms with van der Waals surface area (Å²) < 4.78 is 1.77. The molecule has 2 aliphatic heterocycles. The van der Waals surface area contributed by atoms with Gasteiger partial charge in [-0.1, -0.05) is 12.1 Å². The number of benzene rings is 1. The number of aromatic nitrogens is 3. The molecule has 1 aromatic carbocycles. The second-order valence-corrected chi connectivity index (χ2v) is 7.35. The zero-order valence-electron chi connectivity index (χ0n) is 13.5. The van der Waals surface area contributed by atoms with Gasteiger partial charge in [-0.15, -0.1) is 11.3 Å². The van der Waals surface area contributed by atoms with Gasteiger partial charge in [-0.05, 0) is 25.0 Å². The normalized spacial score (nSPS) is 22.0. The largest absolute Gasteiger partial charge is 0.329 e. The van der Waals surface area contributed by atoms with Crippen LogP contribution in [-0.4, -0.2) is 37.4 Å². The van der Waals surface area contributed by atoms with E-state index >= 15 is 0 Å². The van der Waals surface area contributed by atoms with E-state index in [0.29, 0.717) is 24.0 Å². The average molecular weight is 352 g/mol. The van der Waals surface area contributed by atoms with Crippen LogP contribution in [0.25, 0.3) is 10.9 Å². The summed E-state index contributed by atoms with van der Waals surface area (Å²) in [6, 6.07) is 7.56. The van der Waals surface area contributed by atoms with Gasteiger partial charge in [-0.25, -0.2) is 9.97 Å². The quantitative estimate of drug-likeness (QED) is 0.672. The fourth-order valence-electron chi connectivity index (χ4n) is 4.10. The standard InChI is InChI=1S/C18H16N4O2S/c23-17-13-3-1-2-4-14(13)20-16-7-11-5-6-12(8-21(16)17)22(11)18(24)15-9-25-10-19-15/h1-4,9-12H,5-8H2/t11-,12-/m1/s1. The highest BCUT2D eigenvalue weighted by Gasteiger charge is 2.41. The van der Waals surface area contributed by atoms with E-state index in [1.165, 1.54) is 11.3 Å². The Balaban J connectivity index is 1.61. The molecule has 1 fully saturated rings. The van der Waals surface area contributed by atoms with Crippen LogP contribution in [0.3, 0.4) is 0 Å². The smallest absolute Gasteiger partial charge is 0.273 e. The minimum atomic E-state index is -0.0286. The van der Waals surface area contributed by atoms with Gasteiger partial charge in [0.05, 0.1) is 22.5 Å². The van der Waals surface area contributed by atoms with Crippen LogP contribution in [-0.2, 0) is 13.0 Å². The predicted molar refractivity (Wildman–Crippen MR) is 94.8 cm³/mol. The zero-order chi connectivity index (χ0) is 17.0. The predicted octanol–water partition coefficient (Wildman–Crippen LogP) is 2.08. The van der Waals surface area contributed by atoms with Crippen molar-refractivity contribution in [2.24, 2.45) is 0 Å². The second-order valence-electron chi connectivity index (χ2n) is 6.64. The number of rotatable bonds is 1. The summed E-state index contributed by atoms with van der Waals surface area (Å²) in [7, 11) is 0. The first-order valence-electron chi connectivity index (χ1n) is 8.41. The van der Waals surface area contributed by atoms with Gasteiger partial charge in [0.15, 0.2) is 0 Å². The fourth-order valence-corrected chi connectivity index (χ4v) is 4.63. The van der Waals surface area contributed by atoms with Crippen molar-refractivity contribution in [3.05, 3.63) is 57.0 Å². The summed E-state index contributed by atoms with van der Waals surface area (Å²) in [5.41, 5.74) is 2.90. The minimum absolute atomic E-state index is 0.00536. The highest BCUT2D eigenvalue weighted by Crippen LogP contribution is 2.32. The van der Waals surface area contributed by atoms with Crippen LogP contribution in [0.1, 0.15) is 29.2 Å². The van der Waals surface area contributed by atoms with Crippen molar-refractivity contribution in [2.45, 2.75) is 37.9 Å². The second kappa shape index (κ2) is 5.49. The van der Waals surface area contributed by atoms with Gasteiger partial charge < -0.3 is 4.90 Å². The monoisotopic (exact) mass is 352 g/mol. The number of nitrogens with zero attached hydrogens (tertiary/aromatic N) is 4. The molecule has 1 amide bonds. The van der Waals surface area contributed by atoms with Crippen LogP contribution in [0.5, 0.6) is 0 Å². The first-order valence-corrected chi connectivity index (χ1v) is 9.36. The number of carbonyl (C=O) groups excluding carboxylic acids is 1. The number of hydrogen-bond acceptors (Lipinski definition) is 5. The summed E-state index contributed by atoms with van der Waals surface area (Å²) in [5.74, 6) is 0.756. The van der Waals surface area contributed by atoms with Crippen molar-refractivity contribution in [3.8, 4) is 0 Å². The molecule has 0 radical (unpaired) electrons. The van der Waals surface area contributed by atoms with Crippen molar-refractivity contribution in [1.82, 2.24) is 19.4 Å². The molecular formula is C18H16N4O2S. The molecule has 0 N–H and O–H groups in total. The lowest BCUT2D eigenvalue weighted by molar-refractivity contribution is 0.0660. The SMILES string of the molecule is O=C(c1cscn1)N1[C@@H]2CC[C@@H]1Cn1c(nc3ccccc3c1=O)C2. The Labute approximate surface area is 147 Å². The lowest BCUT2D eigenvalue weighted by atomic mass is 10.1. The van der Waals surface area contributed by atoms with E-state index in [1.807, 2.05) is 29.2 Å². The van der Waals surface area contributed by atoms with Gasteiger partial charge in [0, 0.05) is 24.4 Å². The molecule has 7 heteroatoms. The molecule has 126 valence electrons. The van der Waals surface area contributed by atoms with E-state index < -0.39 is 0 Å². The Morgan fingerprint density at radius 1 is 1.20 bits per heavy atom. The van der Waals surface area contributed by atoms with Crippen LogP contribution in [0.15, 0.2) is 40.0 Å². The number of hydrogen-bond donors (Lipinski definition) is 0. The van der Waals surface area contributed by atoms with Gasteiger partial charge in [0.1, 0.15) is 11.5 Å². The third-order valence-corrected chi connectivity index (χ3v) is 5.84. The Bertz CT molecular complexity index is 1030. The first kappa shape index (κ1) is 14.8. The number of fused-ring (bicyclic) bond motifs is 4. The minimum Gasteiger partial charge on any atom is -0.329 e. The molecule has 5 rings (SSSR count). The highest BCUT2D eigenvalue weighted by atomic mass is 32.1. The molecule has 0 spiro atoms. The Kier molecular flexibility index (Phi) is 3.24. The average Bonchev–Trinajstić information content (AvgIpc) is 3.24. The van der Waals surface area contributed by atoms with E-state index in [2.05, 4.69) is 4.98 Å². The molecule has 2 bridgehead atoms. The molecule has 3 aromatic rings. The van der Waals surface area contributed by atoms with Crippen LogP contribution in [0.4, 0.5) is 0 Å². The van der Waals surface area contributed by atoms with Crippen LogP contribution >= 0.6 is 11.3 Å². The Hall–Kier alpha value is -2.54. The molecule has 0 aliphatic carbocycles. The van der Waals surface area contributed by atoms with Gasteiger partial charge in [0.2, 0.25) is 0 Å². The summed E-state index contributed by atoms with van der Waals surface area (Å²) >= 11 is 1.43. The number of para-hydroxylation sites is 1. The van der Waals surface area contributed by atoms with E-state index in [-0.39, 0.29) is 23.6 Å². The zero-order valence-corrected chi connectivity index (χ0v) is 14.3. The number of carbonyl (C=O) groups is 1. The third-order valence-electron chi connectivity index (χ3n) is 5.26. The number of thiazole rings is 1. The van der Waals surface area contributed by atoms with Crippen LogP contribution < -0.4 is 5.56 Å². The molecule has 0 saturated carbocycles. The lowest BCUT2D eigenvalue weighted by Crippen LogP contribution is -2.42. The van der Waals surface area contributed by atoms with Crippen molar-refractivity contribution in [1.29, 1.82) is 0 Å². The molecule has 2 aromatic heterocycles. The lowest BCUT2D eigenvalue weighted by Gasteiger charge is -2.27. The Morgan fingerprint density at radius 2 is 2.04 bits per heavy atom. The van der Waals surface area contributed by atoms with Gasteiger partial charge in [0.25, 0.3) is 11.5 Å². The fraction of sp³-hybridized carbons (Fsp3) is 0.333. The van der Waals surface area contributed by atoms with E-state index in [1.54, 1.807) is 15.5 Å². The molecule has 2 aliphatic rings. The molecule has 1 saturated heterocycles. The van der Waals surface area contributed by atoms with Crippen molar-refractivity contribution >= 4 is 28.1 Å². The maximum atomic E-state index is 12.9. The van der Waals surface area contributed by atoms with Gasteiger partial charge >= 0.3 is 0 Å². The first-order chi connectivity index (χ1) is 12.2. The van der Waals surface area contributed by atoms with E-state index in [4.69, 9.17) is 4.98 Å². The maximum absolute atomic E-state index is 12.9. The Morgan fingerprint density at radius 3 is 2.88 bits per heavy atom. The summed E-state index contributed by atoms with van der Waals surface area (Å²) in [6.45, 7) is 0.512. The topological polar surface area (TPSA) is 68.1 Å². The van der Waals surface area contributed by atoms with Crippen LogP contribution in [0, 0.1) is 0 Å². The summed E-state index contributed by atoms with van der Waals surface area (Å²) in [6.07, 6.45) is 2.48. The van der Waals surface area contributed by atoms with E-state index in [0.717, 1.165) is 24.2 Å². The molecule has 25 heavy (non-hydrogen) atoms.